The molecule has 2 saturated heterocycles. The third-order valence-electron chi connectivity index (χ3n) is 3.11. The van der Waals surface area contributed by atoms with E-state index in [1.807, 2.05) is 0 Å². The highest BCUT2D eigenvalue weighted by Gasteiger charge is 2.36. The number of nitrogens with zero attached hydrogens (tertiary/aromatic N) is 1. The van der Waals surface area contributed by atoms with Gasteiger partial charge in [-0.1, -0.05) is 15.9 Å². The first kappa shape index (κ1) is 8.70. The molecule has 0 saturated carbocycles. The number of alkyl halides is 1. The van der Waals surface area contributed by atoms with Crippen LogP contribution in [0.3, 0.4) is 0 Å². The van der Waals surface area contributed by atoms with Gasteiger partial charge < -0.3 is 0 Å². The maximum atomic E-state index is 11.5. The molecule has 0 radical (unpaired) electrons. The van der Waals surface area contributed by atoms with Crippen molar-refractivity contribution in [3.8, 4) is 0 Å². The van der Waals surface area contributed by atoms with E-state index in [0.717, 1.165) is 18.9 Å². The van der Waals surface area contributed by atoms with E-state index < -0.39 is 0 Å². The monoisotopic (exact) mass is 231 g/mol. The molecule has 2 rings (SSSR count). The molecule has 0 aromatic rings. The van der Waals surface area contributed by atoms with Crippen LogP contribution < -0.4 is 0 Å². The molecule has 3 heteroatoms. The van der Waals surface area contributed by atoms with Gasteiger partial charge in [-0.2, -0.15) is 0 Å². The lowest BCUT2D eigenvalue weighted by atomic mass is 9.94. The van der Waals surface area contributed by atoms with Crippen LogP contribution in [0.5, 0.6) is 0 Å². The van der Waals surface area contributed by atoms with Crippen molar-refractivity contribution >= 4 is 21.7 Å². The quantitative estimate of drug-likeness (QED) is 0.671. The Kier molecular flexibility index (Phi) is 2.51. The molecule has 0 aromatic heterocycles. The minimum Gasteiger partial charge on any atom is -0.297 e. The fourth-order valence-corrected chi connectivity index (χ4v) is 2.78. The molecule has 3 atom stereocenters. The van der Waals surface area contributed by atoms with Gasteiger partial charge in [-0.25, -0.2) is 0 Å². The highest BCUT2D eigenvalue weighted by Crippen LogP contribution is 2.31. The minimum atomic E-state index is 0.239. The number of rotatable bonds is 2. The number of carbonyl (C=O) groups excluding carboxylic acids is 1. The van der Waals surface area contributed by atoms with Gasteiger partial charge in [0.25, 0.3) is 0 Å². The Bertz CT molecular complexity index is 195. The Morgan fingerprint density at radius 3 is 3.00 bits per heavy atom. The lowest BCUT2D eigenvalue weighted by molar-refractivity contribution is -0.122. The van der Waals surface area contributed by atoms with Crippen LogP contribution in [0.25, 0.3) is 0 Å². The summed E-state index contributed by atoms with van der Waals surface area (Å²) in [4.78, 5) is 13.8. The normalized spacial score (nSPS) is 39.9. The molecule has 2 aliphatic heterocycles. The van der Waals surface area contributed by atoms with Crippen molar-refractivity contribution < 1.29 is 4.79 Å². The van der Waals surface area contributed by atoms with Crippen molar-refractivity contribution in [3.05, 3.63) is 0 Å². The van der Waals surface area contributed by atoms with E-state index in [2.05, 4.69) is 20.8 Å². The van der Waals surface area contributed by atoms with Gasteiger partial charge in [0.05, 0.1) is 11.4 Å². The fourth-order valence-electron chi connectivity index (χ4n) is 2.41. The van der Waals surface area contributed by atoms with E-state index in [4.69, 9.17) is 0 Å². The van der Waals surface area contributed by atoms with Gasteiger partial charge in [-0.3, -0.25) is 9.69 Å². The average Bonchev–Trinajstić information content (AvgIpc) is 2.47. The number of halogens is 1. The lowest BCUT2D eigenvalue weighted by Crippen LogP contribution is -2.43. The number of carbonyl (C=O) groups is 1. The predicted octanol–water partition coefficient (Wildman–Crippen LogP) is 1.43. The Morgan fingerprint density at radius 1 is 1.42 bits per heavy atom. The van der Waals surface area contributed by atoms with Crippen molar-refractivity contribution in [1.82, 2.24) is 4.90 Å². The summed E-state index contributed by atoms with van der Waals surface area (Å²) in [6.07, 6.45) is 3.67. The molecule has 2 aliphatic rings. The summed E-state index contributed by atoms with van der Waals surface area (Å²) >= 11 is 3.24. The van der Waals surface area contributed by atoms with Crippen LogP contribution in [-0.4, -0.2) is 35.1 Å². The summed E-state index contributed by atoms with van der Waals surface area (Å²) in [5.41, 5.74) is 0. The third-order valence-corrected chi connectivity index (χ3v) is 3.66. The SMILES string of the molecule is O=C(CBr)C1CCC2CCN1C2. The smallest absolute Gasteiger partial charge is 0.160 e. The first-order valence-corrected chi connectivity index (χ1v) is 5.76. The van der Waals surface area contributed by atoms with Gasteiger partial charge in [0.15, 0.2) is 5.78 Å². The van der Waals surface area contributed by atoms with Crippen molar-refractivity contribution in [3.63, 3.8) is 0 Å². The molecule has 0 aromatic carbocycles. The van der Waals surface area contributed by atoms with Crippen molar-refractivity contribution in [2.24, 2.45) is 5.92 Å². The van der Waals surface area contributed by atoms with E-state index in [0.29, 0.717) is 11.1 Å². The molecule has 2 nitrogen and oxygen atoms in total. The van der Waals surface area contributed by atoms with Crippen molar-refractivity contribution in [2.45, 2.75) is 25.3 Å². The first-order valence-electron chi connectivity index (χ1n) is 4.64. The molecule has 0 spiro atoms. The van der Waals surface area contributed by atoms with Crippen LogP contribution in [0.2, 0.25) is 0 Å². The number of hydrogen-bond donors (Lipinski definition) is 0. The Morgan fingerprint density at radius 2 is 2.25 bits per heavy atom. The molecular weight excluding hydrogens is 218 g/mol. The van der Waals surface area contributed by atoms with Crippen LogP contribution in [0.4, 0.5) is 0 Å². The van der Waals surface area contributed by atoms with E-state index in [-0.39, 0.29) is 6.04 Å². The van der Waals surface area contributed by atoms with E-state index in [9.17, 15) is 4.79 Å². The zero-order valence-corrected chi connectivity index (χ0v) is 8.72. The zero-order valence-electron chi connectivity index (χ0n) is 7.13. The van der Waals surface area contributed by atoms with Gasteiger partial charge in [0.2, 0.25) is 0 Å². The fraction of sp³-hybridized carbons (Fsp3) is 0.889. The van der Waals surface area contributed by atoms with Gasteiger partial charge in [0, 0.05) is 6.54 Å². The third kappa shape index (κ3) is 1.44. The van der Waals surface area contributed by atoms with E-state index in [1.165, 1.54) is 19.4 Å². The summed E-state index contributed by atoms with van der Waals surface area (Å²) in [6, 6.07) is 0.239. The number of Topliss-reactive ketones (excluding diaryl/α,β-unsaturated/α-hetero) is 1. The summed E-state index contributed by atoms with van der Waals surface area (Å²) in [7, 11) is 0. The largest absolute Gasteiger partial charge is 0.297 e. The Hall–Kier alpha value is 0.110. The lowest BCUT2D eigenvalue weighted by Gasteiger charge is -2.30. The van der Waals surface area contributed by atoms with Crippen molar-refractivity contribution in [2.75, 3.05) is 18.4 Å². The second-order valence-electron chi connectivity index (χ2n) is 3.84. The molecule has 68 valence electrons. The Labute approximate surface area is 81.4 Å². The van der Waals surface area contributed by atoms with Gasteiger partial charge in [-0.05, 0) is 31.7 Å². The molecule has 0 N–H and O–H groups in total. The van der Waals surface area contributed by atoms with Crippen LogP contribution >= 0.6 is 15.9 Å². The molecule has 2 bridgehead atoms. The molecule has 0 amide bonds. The Balaban J connectivity index is 2.02. The maximum Gasteiger partial charge on any atom is 0.160 e. The second kappa shape index (κ2) is 3.46. The molecular formula is C9H14BrNO. The number of fused-ring (bicyclic) bond motifs is 2. The van der Waals surface area contributed by atoms with E-state index >= 15 is 0 Å². The van der Waals surface area contributed by atoms with Crippen LogP contribution in [0.1, 0.15) is 19.3 Å². The first-order chi connectivity index (χ1) is 5.81. The average molecular weight is 232 g/mol. The molecule has 2 fully saturated rings. The van der Waals surface area contributed by atoms with E-state index in [1.54, 1.807) is 0 Å². The molecule has 3 unspecified atom stereocenters. The number of piperidine rings is 1. The van der Waals surface area contributed by atoms with Crippen LogP contribution in [-0.2, 0) is 4.79 Å². The molecule has 12 heavy (non-hydrogen) atoms. The van der Waals surface area contributed by atoms with Crippen LogP contribution in [0.15, 0.2) is 0 Å². The molecule has 2 heterocycles. The zero-order chi connectivity index (χ0) is 8.55. The standard InChI is InChI=1S/C9H14BrNO/c10-5-9(12)8-2-1-7-3-4-11(8)6-7/h7-8H,1-6H2. The highest BCUT2D eigenvalue weighted by atomic mass is 79.9. The number of hydrogen-bond acceptors (Lipinski definition) is 2. The minimum absolute atomic E-state index is 0.239. The second-order valence-corrected chi connectivity index (χ2v) is 4.40. The van der Waals surface area contributed by atoms with Crippen LogP contribution in [0, 0.1) is 5.92 Å². The number of ketones is 1. The summed E-state index contributed by atoms with van der Waals surface area (Å²) in [5.74, 6) is 1.26. The van der Waals surface area contributed by atoms with Gasteiger partial charge >= 0.3 is 0 Å². The summed E-state index contributed by atoms with van der Waals surface area (Å²) < 4.78 is 0. The highest BCUT2D eigenvalue weighted by molar-refractivity contribution is 9.09. The summed E-state index contributed by atoms with van der Waals surface area (Å²) in [6.45, 7) is 2.32. The topological polar surface area (TPSA) is 20.3 Å². The molecule has 0 aliphatic carbocycles. The van der Waals surface area contributed by atoms with Gasteiger partial charge in [0.1, 0.15) is 0 Å². The predicted molar refractivity (Wildman–Crippen MR) is 51.5 cm³/mol. The summed E-state index contributed by atoms with van der Waals surface area (Å²) in [5, 5.41) is 0.527. The van der Waals surface area contributed by atoms with Gasteiger partial charge in [-0.15, -0.1) is 0 Å². The van der Waals surface area contributed by atoms with Crippen molar-refractivity contribution in [1.29, 1.82) is 0 Å². The maximum absolute atomic E-state index is 11.5.